The molecule has 0 fully saturated rings. The summed E-state index contributed by atoms with van der Waals surface area (Å²) in [5.41, 5.74) is 3.83. The molecule has 0 saturated heterocycles. The lowest BCUT2D eigenvalue weighted by Crippen LogP contribution is -2.31. The molecule has 3 rings (SSSR count). The molecule has 0 aliphatic carbocycles. The number of hydrogen-bond donors (Lipinski definition) is 1. The molecule has 1 heterocycles. The van der Waals surface area contributed by atoms with Crippen molar-refractivity contribution in [2.75, 3.05) is 11.2 Å². The second kappa shape index (κ2) is 7.72. The van der Waals surface area contributed by atoms with Gasteiger partial charge < -0.3 is 0 Å². The zero-order valence-corrected chi connectivity index (χ0v) is 18.1. The molecule has 0 atom stereocenters. The topological polar surface area (TPSA) is 83.6 Å². The molecule has 2 amide bonds. The molecule has 0 saturated carbocycles. The van der Waals surface area contributed by atoms with E-state index in [0.717, 1.165) is 17.4 Å². The van der Waals surface area contributed by atoms with Crippen LogP contribution in [0.1, 0.15) is 76.9 Å². The van der Waals surface area contributed by atoms with Gasteiger partial charge in [0.2, 0.25) is 10.0 Å². The number of carbonyl (C=O) groups is 2. The number of nitrogens with zero attached hydrogens (tertiary/aromatic N) is 1. The molecule has 6 nitrogen and oxygen atoms in total. The first kappa shape index (κ1) is 21.2. The van der Waals surface area contributed by atoms with Crippen molar-refractivity contribution >= 4 is 27.5 Å². The number of anilines is 1. The van der Waals surface area contributed by atoms with E-state index in [9.17, 15) is 18.0 Å². The van der Waals surface area contributed by atoms with E-state index < -0.39 is 10.0 Å². The average Bonchev–Trinajstić information content (AvgIpc) is 2.89. The van der Waals surface area contributed by atoms with Crippen molar-refractivity contribution in [2.24, 2.45) is 0 Å². The number of hydrogen-bond acceptors (Lipinski definition) is 4. The molecule has 0 aromatic heterocycles. The Morgan fingerprint density at radius 2 is 1.45 bits per heavy atom. The van der Waals surface area contributed by atoms with E-state index in [-0.39, 0.29) is 30.2 Å². The van der Waals surface area contributed by atoms with Crippen molar-refractivity contribution in [2.45, 2.75) is 46.1 Å². The highest BCUT2D eigenvalue weighted by atomic mass is 32.2. The van der Waals surface area contributed by atoms with Gasteiger partial charge in [0.25, 0.3) is 11.8 Å². The normalized spacial score (nSPS) is 14.2. The number of rotatable bonds is 6. The zero-order valence-electron chi connectivity index (χ0n) is 17.3. The van der Waals surface area contributed by atoms with Gasteiger partial charge >= 0.3 is 0 Å². The van der Waals surface area contributed by atoms with Gasteiger partial charge in [-0.1, -0.05) is 52.0 Å². The summed E-state index contributed by atoms with van der Waals surface area (Å²) < 4.78 is 25.1. The Morgan fingerprint density at radius 1 is 0.897 bits per heavy atom. The van der Waals surface area contributed by atoms with Gasteiger partial charge in [-0.15, -0.1) is 0 Å². The monoisotopic (exact) mass is 414 g/mol. The molecule has 154 valence electrons. The highest BCUT2D eigenvalue weighted by Crippen LogP contribution is 2.39. The maximum Gasteiger partial charge on any atom is 0.266 e. The first-order valence-corrected chi connectivity index (χ1v) is 11.5. The Balaban J connectivity index is 2.08. The van der Waals surface area contributed by atoms with Crippen LogP contribution in [0.5, 0.6) is 0 Å². The standard InChI is InChI=1S/C22H26N2O4S/c1-13(2)16-7-6-8-17(14(3)4)20(16)24-21(25)18-10-9-15(11-19(18)22(24)26)12-23-29(5,27)28/h6-11,13-14,23H,12H2,1-5H3. The van der Waals surface area contributed by atoms with Crippen LogP contribution in [0.2, 0.25) is 0 Å². The fraction of sp³-hybridized carbons (Fsp3) is 0.364. The summed E-state index contributed by atoms with van der Waals surface area (Å²) in [6.45, 7) is 8.21. The summed E-state index contributed by atoms with van der Waals surface area (Å²) in [7, 11) is -3.36. The quantitative estimate of drug-likeness (QED) is 0.729. The Bertz CT molecular complexity index is 1060. The Kier molecular flexibility index (Phi) is 5.65. The molecule has 29 heavy (non-hydrogen) atoms. The SMILES string of the molecule is CC(C)c1cccc(C(C)C)c1N1C(=O)c2ccc(CNS(C)(=O)=O)cc2C1=O. The lowest BCUT2D eigenvalue weighted by Gasteiger charge is -2.25. The highest BCUT2D eigenvalue weighted by molar-refractivity contribution is 7.88. The van der Waals surface area contributed by atoms with Gasteiger partial charge in [-0.05, 0) is 40.7 Å². The van der Waals surface area contributed by atoms with E-state index in [4.69, 9.17) is 0 Å². The highest BCUT2D eigenvalue weighted by Gasteiger charge is 2.39. The Hall–Kier alpha value is -2.51. The lowest BCUT2D eigenvalue weighted by atomic mass is 9.92. The number of fused-ring (bicyclic) bond motifs is 1. The number of carbonyl (C=O) groups excluding carboxylic acids is 2. The molecule has 1 aliphatic rings. The molecule has 0 spiro atoms. The average molecular weight is 415 g/mol. The van der Waals surface area contributed by atoms with E-state index in [1.807, 2.05) is 45.9 Å². The molecule has 0 radical (unpaired) electrons. The first-order valence-electron chi connectivity index (χ1n) is 9.60. The number of imide groups is 1. The number of benzene rings is 2. The second-order valence-electron chi connectivity index (χ2n) is 8.01. The molecule has 1 aliphatic heterocycles. The Labute approximate surface area is 172 Å². The van der Waals surface area contributed by atoms with Crippen LogP contribution in [0, 0.1) is 0 Å². The van der Waals surface area contributed by atoms with Gasteiger partial charge in [-0.25, -0.2) is 18.0 Å². The summed E-state index contributed by atoms with van der Waals surface area (Å²) in [5, 5.41) is 0. The van der Waals surface area contributed by atoms with Crippen LogP contribution in [0.15, 0.2) is 36.4 Å². The zero-order chi connectivity index (χ0) is 21.5. The summed E-state index contributed by atoms with van der Waals surface area (Å²) in [5.74, 6) is -0.436. The van der Waals surface area contributed by atoms with Crippen LogP contribution in [0.25, 0.3) is 0 Å². The summed E-state index contributed by atoms with van der Waals surface area (Å²) >= 11 is 0. The van der Waals surface area contributed by atoms with E-state index in [1.54, 1.807) is 18.2 Å². The minimum Gasteiger partial charge on any atom is -0.268 e. The van der Waals surface area contributed by atoms with Crippen molar-refractivity contribution < 1.29 is 18.0 Å². The van der Waals surface area contributed by atoms with Crippen molar-refractivity contribution in [1.29, 1.82) is 0 Å². The largest absolute Gasteiger partial charge is 0.268 e. The maximum absolute atomic E-state index is 13.3. The molecule has 0 bridgehead atoms. The Morgan fingerprint density at radius 3 is 1.97 bits per heavy atom. The van der Waals surface area contributed by atoms with Gasteiger partial charge in [-0.3, -0.25) is 9.59 Å². The van der Waals surface area contributed by atoms with Crippen LogP contribution < -0.4 is 9.62 Å². The molecular formula is C22H26N2O4S. The number of amides is 2. The number of nitrogens with one attached hydrogen (secondary N) is 1. The third kappa shape index (κ3) is 4.11. The van der Waals surface area contributed by atoms with Crippen molar-refractivity contribution in [3.05, 3.63) is 64.2 Å². The summed E-state index contributed by atoms with van der Waals surface area (Å²) in [4.78, 5) is 27.7. The van der Waals surface area contributed by atoms with Crippen LogP contribution in [-0.2, 0) is 16.6 Å². The van der Waals surface area contributed by atoms with Crippen LogP contribution in [0.3, 0.4) is 0 Å². The minimum absolute atomic E-state index is 0.0629. The fourth-order valence-corrected chi connectivity index (χ4v) is 4.01. The maximum atomic E-state index is 13.3. The summed E-state index contributed by atoms with van der Waals surface area (Å²) in [6, 6.07) is 10.7. The third-order valence-electron chi connectivity index (χ3n) is 5.06. The van der Waals surface area contributed by atoms with E-state index in [2.05, 4.69) is 4.72 Å². The molecule has 0 unspecified atom stereocenters. The van der Waals surface area contributed by atoms with Gasteiger partial charge in [0.1, 0.15) is 0 Å². The minimum atomic E-state index is -3.36. The van der Waals surface area contributed by atoms with Gasteiger partial charge in [-0.2, -0.15) is 0 Å². The van der Waals surface area contributed by atoms with Gasteiger partial charge in [0.15, 0.2) is 0 Å². The fourth-order valence-electron chi connectivity index (χ4n) is 3.59. The van der Waals surface area contributed by atoms with Crippen LogP contribution in [-0.4, -0.2) is 26.5 Å². The lowest BCUT2D eigenvalue weighted by molar-refractivity contribution is 0.0925. The summed E-state index contributed by atoms with van der Waals surface area (Å²) in [6.07, 6.45) is 1.08. The smallest absolute Gasteiger partial charge is 0.266 e. The van der Waals surface area contributed by atoms with Crippen molar-refractivity contribution in [3.63, 3.8) is 0 Å². The second-order valence-corrected chi connectivity index (χ2v) is 9.85. The van der Waals surface area contributed by atoms with E-state index in [1.165, 1.54) is 4.90 Å². The molecular weight excluding hydrogens is 388 g/mol. The van der Waals surface area contributed by atoms with Gasteiger partial charge in [0.05, 0.1) is 23.1 Å². The predicted octanol–water partition coefficient (Wildman–Crippen LogP) is 3.78. The van der Waals surface area contributed by atoms with Crippen molar-refractivity contribution in [1.82, 2.24) is 4.72 Å². The molecule has 7 heteroatoms. The number of para-hydroxylation sites is 1. The first-order chi connectivity index (χ1) is 13.5. The third-order valence-corrected chi connectivity index (χ3v) is 5.72. The molecule has 1 N–H and O–H groups in total. The van der Waals surface area contributed by atoms with Crippen LogP contribution >= 0.6 is 0 Å². The number of sulfonamides is 1. The molecule has 2 aromatic carbocycles. The van der Waals surface area contributed by atoms with Crippen LogP contribution in [0.4, 0.5) is 5.69 Å². The van der Waals surface area contributed by atoms with Crippen molar-refractivity contribution in [3.8, 4) is 0 Å². The molecule has 2 aromatic rings. The van der Waals surface area contributed by atoms with E-state index in [0.29, 0.717) is 22.4 Å². The predicted molar refractivity (Wildman–Crippen MR) is 114 cm³/mol. The van der Waals surface area contributed by atoms with E-state index >= 15 is 0 Å². The van der Waals surface area contributed by atoms with Gasteiger partial charge in [0, 0.05) is 6.54 Å².